The molecule has 0 aromatic heterocycles. The molecule has 1 aromatic rings. The van der Waals surface area contributed by atoms with E-state index in [-0.39, 0.29) is 18.4 Å². The standard InChI is InChI=1S/C15H25NO3S/c1-11-10-13(12(2)16)6-7-14(11)19-8-9-20(17,18)15(3,4)5/h6-7,10,12H,8-9,16H2,1-5H3/t12-/m0/s1. The maximum absolute atomic E-state index is 12.0. The van der Waals surface area contributed by atoms with Crippen LogP contribution in [-0.2, 0) is 9.84 Å². The van der Waals surface area contributed by atoms with Crippen molar-refractivity contribution in [1.29, 1.82) is 0 Å². The number of benzene rings is 1. The van der Waals surface area contributed by atoms with Crippen LogP contribution in [0.4, 0.5) is 0 Å². The number of sulfone groups is 1. The van der Waals surface area contributed by atoms with E-state index < -0.39 is 14.6 Å². The molecule has 0 unspecified atom stereocenters. The Morgan fingerprint density at radius 2 is 1.90 bits per heavy atom. The lowest BCUT2D eigenvalue weighted by Crippen LogP contribution is -2.32. The molecule has 0 amide bonds. The first-order chi connectivity index (χ1) is 9.04. The highest BCUT2D eigenvalue weighted by Crippen LogP contribution is 2.22. The molecule has 1 aromatic carbocycles. The lowest BCUT2D eigenvalue weighted by Gasteiger charge is -2.19. The van der Waals surface area contributed by atoms with E-state index in [1.807, 2.05) is 32.0 Å². The van der Waals surface area contributed by atoms with Crippen LogP contribution in [0.25, 0.3) is 0 Å². The van der Waals surface area contributed by atoms with Gasteiger partial charge in [-0.3, -0.25) is 0 Å². The van der Waals surface area contributed by atoms with Crippen LogP contribution in [0.3, 0.4) is 0 Å². The predicted molar refractivity (Wildman–Crippen MR) is 82.8 cm³/mol. The third-order valence-corrected chi connectivity index (χ3v) is 5.84. The topological polar surface area (TPSA) is 69.4 Å². The van der Waals surface area contributed by atoms with Gasteiger partial charge in [0.15, 0.2) is 9.84 Å². The third-order valence-electron chi connectivity index (χ3n) is 3.27. The molecule has 4 nitrogen and oxygen atoms in total. The number of nitrogens with two attached hydrogens (primary N) is 1. The zero-order chi connectivity index (χ0) is 15.6. The Kier molecular flexibility index (Phi) is 5.21. The van der Waals surface area contributed by atoms with E-state index in [1.165, 1.54) is 0 Å². The predicted octanol–water partition coefficient (Wildman–Crippen LogP) is 2.61. The summed E-state index contributed by atoms with van der Waals surface area (Å²) < 4.78 is 28.8. The minimum Gasteiger partial charge on any atom is -0.492 e. The fraction of sp³-hybridized carbons (Fsp3) is 0.600. The number of rotatable bonds is 5. The van der Waals surface area contributed by atoms with Crippen LogP contribution < -0.4 is 10.5 Å². The molecule has 0 aliphatic carbocycles. The van der Waals surface area contributed by atoms with Crippen molar-refractivity contribution in [2.45, 2.75) is 45.4 Å². The Bertz CT molecular complexity index is 557. The molecule has 0 spiro atoms. The number of hydrogen-bond acceptors (Lipinski definition) is 4. The summed E-state index contributed by atoms with van der Waals surface area (Å²) >= 11 is 0. The fourth-order valence-electron chi connectivity index (χ4n) is 1.69. The lowest BCUT2D eigenvalue weighted by atomic mass is 10.1. The van der Waals surface area contributed by atoms with Crippen LogP contribution >= 0.6 is 0 Å². The molecule has 1 rings (SSSR count). The van der Waals surface area contributed by atoms with Gasteiger partial charge in [0.05, 0.1) is 10.5 Å². The zero-order valence-corrected chi connectivity index (χ0v) is 13.8. The molecular weight excluding hydrogens is 274 g/mol. The first kappa shape index (κ1) is 17.0. The molecule has 2 N–H and O–H groups in total. The van der Waals surface area contributed by atoms with E-state index in [0.717, 1.165) is 11.1 Å². The zero-order valence-electron chi connectivity index (χ0n) is 12.9. The second-order valence-corrected chi connectivity index (χ2v) is 8.96. The third kappa shape index (κ3) is 4.21. The van der Waals surface area contributed by atoms with Gasteiger partial charge >= 0.3 is 0 Å². The first-order valence-corrected chi connectivity index (χ1v) is 8.41. The highest BCUT2D eigenvalue weighted by Gasteiger charge is 2.28. The number of aryl methyl sites for hydroxylation is 1. The molecule has 0 fully saturated rings. The summed E-state index contributed by atoms with van der Waals surface area (Å²) in [6, 6.07) is 5.70. The Hall–Kier alpha value is -1.07. The molecule has 0 saturated carbocycles. The van der Waals surface area contributed by atoms with Gasteiger partial charge < -0.3 is 10.5 Å². The summed E-state index contributed by atoms with van der Waals surface area (Å²) in [6.45, 7) is 9.11. The Balaban J connectivity index is 2.68. The molecular formula is C15H25NO3S. The monoisotopic (exact) mass is 299 g/mol. The van der Waals surface area contributed by atoms with Crippen molar-refractivity contribution in [1.82, 2.24) is 0 Å². The van der Waals surface area contributed by atoms with Crippen molar-refractivity contribution in [3.05, 3.63) is 29.3 Å². The Labute approximate surface area is 122 Å². The average molecular weight is 299 g/mol. The summed E-state index contributed by atoms with van der Waals surface area (Å²) in [7, 11) is -3.15. The maximum Gasteiger partial charge on any atom is 0.158 e. The number of hydrogen-bond donors (Lipinski definition) is 1. The van der Waals surface area contributed by atoms with E-state index in [9.17, 15) is 8.42 Å². The van der Waals surface area contributed by atoms with Gasteiger partial charge in [0, 0.05) is 6.04 Å². The molecule has 0 bridgehead atoms. The Morgan fingerprint density at radius 3 is 2.35 bits per heavy atom. The van der Waals surface area contributed by atoms with Gasteiger partial charge in [-0.25, -0.2) is 8.42 Å². The van der Waals surface area contributed by atoms with E-state index in [1.54, 1.807) is 20.8 Å². The summed E-state index contributed by atoms with van der Waals surface area (Å²) in [4.78, 5) is 0. The van der Waals surface area contributed by atoms with Crippen molar-refractivity contribution in [2.75, 3.05) is 12.4 Å². The van der Waals surface area contributed by atoms with Crippen LogP contribution in [-0.4, -0.2) is 25.5 Å². The van der Waals surface area contributed by atoms with Gasteiger partial charge in [-0.1, -0.05) is 12.1 Å². The quantitative estimate of drug-likeness (QED) is 0.907. The normalized spacial score (nSPS) is 14.1. The second kappa shape index (κ2) is 6.14. The van der Waals surface area contributed by atoms with Gasteiger partial charge in [-0.2, -0.15) is 0 Å². The minimum absolute atomic E-state index is 0.0188. The summed E-state index contributed by atoms with van der Waals surface area (Å²) in [5.74, 6) is 0.726. The highest BCUT2D eigenvalue weighted by atomic mass is 32.2. The van der Waals surface area contributed by atoms with Crippen molar-refractivity contribution >= 4 is 9.84 Å². The van der Waals surface area contributed by atoms with E-state index >= 15 is 0 Å². The smallest absolute Gasteiger partial charge is 0.158 e. The molecule has 1 atom stereocenters. The summed E-state index contributed by atoms with van der Waals surface area (Å²) in [5.41, 5.74) is 7.82. The van der Waals surface area contributed by atoms with E-state index in [2.05, 4.69) is 0 Å². The van der Waals surface area contributed by atoms with Crippen LogP contribution in [0.15, 0.2) is 18.2 Å². The van der Waals surface area contributed by atoms with Crippen molar-refractivity contribution in [3.63, 3.8) is 0 Å². The molecule has 0 aliphatic rings. The van der Waals surface area contributed by atoms with Crippen LogP contribution in [0.5, 0.6) is 5.75 Å². The van der Waals surface area contributed by atoms with Gasteiger partial charge in [0.25, 0.3) is 0 Å². The van der Waals surface area contributed by atoms with Crippen molar-refractivity contribution in [3.8, 4) is 5.75 Å². The Morgan fingerprint density at radius 1 is 1.30 bits per heavy atom. The molecule has 0 radical (unpaired) electrons. The van der Waals surface area contributed by atoms with Crippen LogP contribution in [0.1, 0.15) is 44.9 Å². The van der Waals surface area contributed by atoms with Crippen LogP contribution in [0.2, 0.25) is 0 Å². The highest BCUT2D eigenvalue weighted by molar-refractivity contribution is 7.92. The van der Waals surface area contributed by atoms with Crippen molar-refractivity contribution in [2.24, 2.45) is 5.73 Å². The summed E-state index contributed by atoms with van der Waals surface area (Å²) in [6.07, 6.45) is 0. The molecule has 0 heterocycles. The van der Waals surface area contributed by atoms with E-state index in [4.69, 9.17) is 10.5 Å². The lowest BCUT2D eigenvalue weighted by molar-refractivity contribution is 0.337. The molecule has 0 aliphatic heterocycles. The van der Waals surface area contributed by atoms with E-state index in [0.29, 0.717) is 5.75 Å². The van der Waals surface area contributed by atoms with Gasteiger partial charge in [-0.05, 0) is 51.8 Å². The molecule has 20 heavy (non-hydrogen) atoms. The van der Waals surface area contributed by atoms with Gasteiger partial charge in [0.1, 0.15) is 12.4 Å². The molecule has 0 saturated heterocycles. The second-order valence-electron chi connectivity index (χ2n) is 6.09. The maximum atomic E-state index is 12.0. The fourth-order valence-corrected chi connectivity index (χ4v) is 2.60. The van der Waals surface area contributed by atoms with Gasteiger partial charge in [-0.15, -0.1) is 0 Å². The van der Waals surface area contributed by atoms with Crippen LogP contribution in [0, 0.1) is 6.92 Å². The molecule has 114 valence electrons. The minimum atomic E-state index is -3.15. The molecule has 5 heteroatoms. The van der Waals surface area contributed by atoms with Gasteiger partial charge in [0.2, 0.25) is 0 Å². The average Bonchev–Trinajstić information content (AvgIpc) is 2.29. The SMILES string of the molecule is Cc1cc([C@H](C)N)ccc1OCCS(=O)(=O)C(C)(C)C. The summed E-state index contributed by atoms with van der Waals surface area (Å²) in [5, 5.41) is 0. The first-order valence-electron chi connectivity index (χ1n) is 6.76. The largest absolute Gasteiger partial charge is 0.492 e. The van der Waals surface area contributed by atoms with Crippen molar-refractivity contribution < 1.29 is 13.2 Å². The number of ether oxygens (including phenoxy) is 1.